The van der Waals surface area contributed by atoms with Gasteiger partial charge in [-0.05, 0) is 35.6 Å². The van der Waals surface area contributed by atoms with Crippen molar-refractivity contribution in [3.8, 4) is 0 Å². The predicted molar refractivity (Wildman–Crippen MR) is 157 cm³/mol. The highest BCUT2D eigenvalue weighted by Crippen LogP contribution is 2.10. The van der Waals surface area contributed by atoms with E-state index in [-0.39, 0.29) is 18.6 Å². The number of hydrogen-bond donors (Lipinski definition) is 2. The number of aryl methyl sites for hydroxylation is 2. The van der Waals surface area contributed by atoms with Gasteiger partial charge in [0.15, 0.2) is 6.20 Å². The second-order valence-electron chi connectivity index (χ2n) is 9.68. The number of aromatic nitrogens is 1. The van der Waals surface area contributed by atoms with Crippen LogP contribution in [0.2, 0.25) is 0 Å². The molecule has 0 fully saturated rings. The van der Waals surface area contributed by atoms with Gasteiger partial charge in [0.25, 0.3) is 0 Å². The third kappa shape index (κ3) is 9.24. The Bertz CT molecular complexity index is 1380. The number of nitrogens with zero attached hydrogens (tertiary/aromatic N) is 1. The minimum absolute atomic E-state index is 0.128. The zero-order valence-electron chi connectivity index (χ0n) is 22.8. The topological polar surface area (TPSA) is 71.3 Å². The molecule has 1 heterocycles. The molecule has 4 aromatic rings. The number of amides is 2. The van der Waals surface area contributed by atoms with Crippen molar-refractivity contribution in [1.29, 1.82) is 0 Å². The van der Waals surface area contributed by atoms with Crippen LogP contribution in [0.25, 0.3) is 6.08 Å². The first-order valence-corrected chi connectivity index (χ1v) is 13.5. The Morgan fingerprint density at radius 1 is 0.775 bits per heavy atom. The van der Waals surface area contributed by atoms with E-state index in [9.17, 15) is 9.59 Å². The average molecular weight is 535 g/mol. The van der Waals surface area contributed by atoms with Gasteiger partial charge in [0.2, 0.25) is 11.6 Å². The fourth-order valence-corrected chi connectivity index (χ4v) is 4.36. The van der Waals surface area contributed by atoms with Gasteiger partial charge in [-0.2, -0.15) is 0 Å². The standard InChI is InChI=1S/C34H35N3O3/c1-37-24-12-11-19-31(37)23-22-30(21-20-27-13-5-2-6-14-27)35-33(38)32(25-28-15-7-3-8-16-28)36-34(39)40-26-29-17-9-4-10-18-29/h2-19,22-24,30,32H,20-21,25-26H2,1H3,(H-,35,36,38,39)/p+1/b23-22+. The number of pyridine rings is 1. The fourth-order valence-electron chi connectivity index (χ4n) is 4.36. The molecule has 2 N–H and O–H groups in total. The summed E-state index contributed by atoms with van der Waals surface area (Å²) in [4.78, 5) is 26.4. The fraction of sp³-hybridized carbons (Fsp3) is 0.206. The van der Waals surface area contributed by atoms with Crippen LogP contribution in [0.4, 0.5) is 4.79 Å². The molecule has 3 aromatic carbocycles. The minimum atomic E-state index is -0.800. The lowest BCUT2D eigenvalue weighted by Gasteiger charge is -2.22. The Hall–Kier alpha value is -4.71. The number of hydrogen-bond acceptors (Lipinski definition) is 3. The molecular formula is C34H36N3O3+. The van der Waals surface area contributed by atoms with Crippen molar-refractivity contribution in [1.82, 2.24) is 10.6 Å². The lowest BCUT2D eigenvalue weighted by Crippen LogP contribution is -2.50. The van der Waals surface area contributed by atoms with E-state index in [4.69, 9.17) is 4.74 Å². The monoisotopic (exact) mass is 534 g/mol. The van der Waals surface area contributed by atoms with E-state index in [1.807, 2.05) is 127 Å². The molecule has 0 saturated heterocycles. The van der Waals surface area contributed by atoms with Crippen molar-refractivity contribution in [2.45, 2.75) is 38.0 Å². The van der Waals surface area contributed by atoms with Crippen LogP contribution >= 0.6 is 0 Å². The molecule has 0 aliphatic carbocycles. The van der Waals surface area contributed by atoms with Gasteiger partial charge >= 0.3 is 6.09 Å². The van der Waals surface area contributed by atoms with Crippen LogP contribution in [0.1, 0.15) is 28.8 Å². The highest BCUT2D eigenvalue weighted by atomic mass is 16.5. The minimum Gasteiger partial charge on any atom is -0.445 e. The SMILES string of the molecule is C[n+]1ccccc1/C=C/C(CCc1ccccc1)NC(=O)C(Cc1ccccc1)NC(=O)OCc1ccccc1. The average Bonchev–Trinajstić information content (AvgIpc) is 2.99. The maximum atomic E-state index is 13.6. The van der Waals surface area contributed by atoms with Crippen LogP contribution < -0.4 is 15.2 Å². The number of alkyl carbamates (subject to hydrolysis) is 1. The van der Waals surface area contributed by atoms with Gasteiger partial charge in [-0.15, -0.1) is 0 Å². The van der Waals surface area contributed by atoms with Gasteiger partial charge in [-0.3, -0.25) is 4.79 Å². The Labute approximate surface area is 236 Å². The Morgan fingerprint density at radius 2 is 1.38 bits per heavy atom. The molecule has 0 radical (unpaired) electrons. The number of rotatable bonds is 12. The molecule has 0 spiro atoms. The van der Waals surface area contributed by atoms with E-state index < -0.39 is 12.1 Å². The van der Waals surface area contributed by atoms with Crippen molar-refractivity contribution in [2.75, 3.05) is 0 Å². The molecule has 6 heteroatoms. The lowest BCUT2D eigenvalue weighted by atomic mass is 10.0. The number of nitrogens with one attached hydrogen (secondary N) is 2. The van der Waals surface area contributed by atoms with Crippen LogP contribution in [-0.4, -0.2) is 24.1 Å². The molecule has 204 valence electrons. The van der Waals surface area contributed by atoms with Gasteiger partial charge in [-0.1, -0.05) is 97.1 Å². The van der Waals surface area contributed by atoms with Crippen molar-refractivity contribution in [3.05, 3.63) is 144 Å². The predicted octanol–water partition coefficient (Wildman–Crippen LogP) is 5.18. The molecular weight excluding hydrogens is 498 g/mol. The Balaban J connectivity index is 1.48. The quantitative estimate of drug-likeness (QED) is 0.246. The zero-order valence-corrected chi connectivity index (χ0v) is 22.8. The van der Waals surface area contributed by atoms with Crippen LogP contribution in [-0.2, 0) is 36.0 Å². The molecule has 1 aromatic heterocycles. The van der Waals surface area contributed by atoms with Crippen LogP contribution in [0.5, 0.6) is 0 Å². The van der Waals surface area contributed by atoms with E-state index in [0.717, 1.165) is 23.2 Å². The Kier molecular flexibility index (Phi) is 10.6. The van der Waals surface area contributed by atoms with Crippen LogP contribution in [0.3, 0.4) is 0 Å². The lowest BCUT2D eigenvalue weighted by molar-refractivity contribution is -0.673. The highest BCUT2D eigenvalue weighted by Gasteiger charge is 2.24. The molecule has 0 bridgehead atoms. The third-order valence-corrected chi connectivity index (χ3v) is 6.61. The van der Waals surface area contributed by atoms with E-state index in [1.54, 1.807) is 0 Å². The zero-order chi connectivity index (χ0) is 28.0. The van der Waals surface area contributed by atoms with E-state index in [1.165, 1.54) is 5.56 Å². The molecule has 6 nitrogen and oxygen atoms in total. The normalized spacial score (nSPS) is 12.4. The third-order valence-electron chi connectivity index (χ3n) is 6.61. The first-order valence-electron chi connectivity index (χ1n) is 13.5. The Morgan fingerprint density at radius 3 is 2.02 bits per heavy atom. The van der Waals surface area contributed by atoms with Gasteiger partial charge in [0, 0.05) is 30.7 Å². The summed E-state index contributed by atoms with van der Waals surface area (Å²) in [5.41, 5.74) is 4.04. The highest BCUT2D eigenvalue weighted by molar-refractivity contribution is 5.86. The van der Waals surface area contributed by atoms with Crippen LogP contribution in [0, 0.1) is 0 Å². The van der Waals surface area contributed by atoms with E-state index in [2.05, 4.69) is 22.8 Å². The van der Waals surface area contributed by atoms with E-state index >= 15 is 0 Å². The maximum absolute atomic E-state index is 13.6. The molecule has 2 atom stereocenters. The van der Waals surface area contributed by atoms with Crippen LogP contribution in [0.15, 0.2) is 121 Å². The molecule has 4 rings (SSSR count). The summed E-state index contributed by atoms with van der Waals surface area (Å²) in [7, 11) is 1.98. The summed E-state index contributed by atoms with van der Waals surface area (Å²) in [6.07, 6.45) is 7.24. The summed E-state index contributed by atoms with van der Waals surface area (Å²) in [5.74, 6) is -0.263. The van der Waals surface area contributed by atoms with Crippen molar-refractivity contribution < 1.29 is 18.9 Å². The van der Waals surface area contributed by atoms with Crippen molar-refractivity contribution >= 4 is 18.1 Å². The molecule has 2 unspecified atom stereocenters. The maximum Gasteiger partial charge on any atom is 0.408 e. The van der Waals surface area contributed by atoms with Gasteiger partial charge in [-0.25, -0.2) is 9.36 Å². The molecule has 2 amide bonds. The molecule has 40 heavy (non-hydrogen) atoms. The first-order chi connectivity index (χ1) is 19.6. The summed E-state index contributed by atoms with van der Waals surface area (Å²) in [6, 6.07) is 34.3. The first kappa shape index (κ1) is 28.3. The summed E-state index contributed by atoms with van der Waals surface area (Å²) < 4.78 is 7.45. The number of carbonyl (C=O) groups excluding carboxylic acids is 2. The largest absolute Gasteiger partial charge is 0.445 e. The summed E-state index contributed by atoms with van der Waals surface area (Å²) >= 11 is 0. The molecule has 0 saturated carbocycles. The number of ether oxygens (including phenoxy) is 1. The smallest absolute Gasteiger partial charge is 0.408 e. The second-order valence-corrected chi connectivity index (χ2v) is 9.68. The molecule has 0 aliphatic heterocycles. The van der Waals surface area contributed by atoms with Gasteiger partial charge in [0.05, 0.1) is 0 Å². The molecule has 0 aliphatic rings. The summed E-state index contributed by atoms with van der Waals surface area (Å²) in [6.45, 7) is 0.128. The van der Waals surface area contributed by atoms with Gasteiger partial charge < -0.3 is 15.4 Å². The van der Waals surface area contributed by atoms with Gasteiger partial charge in [0.1, 0.15) is 19.7 Å². The van der Waals surface area contributed by atoms with E-state index in [0.29, 0.717) is 12.8 Å². The second kappa shape index (κ2) is 15.0. The van der Waals surface area contributed by atoms with Crippen molar-refractivity contribution in [2.24, 2.45) is 7.05 Å². The number of carbonyl (C=O) groups is 2. The number of benzene rings is 3. The van der Waals surface area contributed by atoms with Crippen molar-refractivity contribution in [3.63, 3.8) is 0 Å². The summed E-state index contributed by atoms with van der Waals surface area (Å²) in [5, 5.41) is 5.97.